The van der Waals surface area contributed by atoms with Gasteiger partial charge in [0.2, 0.25) is 11.7 Å². The van der Waals surface area contributed by atoms with E-state index < -0.39 is 0 Å². The van der Waals surface area contributed by atoms with Crippen molar-refractivity contribution in [2.75, 3.05) is 26.6 Å². The van der Waals surface area contributed by atoms with Gasteiger partial charge in [-0.2, -0.15) is 0 Å². The molecule has 0 atom stereocenters. The Hall–Kier alpha value is -2.48. The normalized spacial score (nSPS) is 11.0. The lowest BCUT2D eigenvalue weighted by molar-refractivity contribution is -0.111. The second kappa shape index (κ2) is 8.68. The Morgan fingerprint density at radius 2 is 1.71 bits per heavy atom. The summed E-state index contributed by atoms with van der Waals surface area (Å²) >= 11 is 13.5. The van der Waals surface area contributed by atoms with Crippen LogP contribution in [0.2, 0.25) is 10.0 Å². The lowest BCUT2D eigenvalue weighted by Crippen LogP contribution is -2.07. The summed E-state index contributed by atoms with van der Waals surface area (Å²) in [5.41, 5.74) is 1.27. The molecule has 0 aliphatic carbocycles. The van der Waals surface area contributed by atoms with E-state index in [1.807, 2.05) is 0 Å². The Labute approximate surface area is 175 Å². The molecule has 1 amide bonds. The first-order chi connectivity index (χ1) is 13.5. The van der Waals surface area contributed by atoms with Crippen molar-refractivity contribution in [2.45, 2.75) is 0 Å². The Balaban J connectivity index is 1.81. The standard InChI is InChI=1S/C19H16Cl2N2O4S/c1-25-13-8-10(9-14(26-2)17(13)27-3)4-7-15(24)22-19-23-16-11(20)5-6-12(21)18(16)28-19/h4-9H,1-3H3,(H,22,23,24)/b7-4+. The fraction of sp³-hybridized carbons (Fsp3) is 0.158. The van der Waals surface area contributed by atoms with E-state index in [0.29, 0.717) is 43.5 Å². The number of ether oxygens (including phenoxy) is 3. The number of nitrogens with zero attached hydrogens (tertiary/aromatic N) is 1. The number of rotatable bonds is 6. The maximum absolute atomic E-state index is 12.3. The molecule has 146 valence electrons. The summed E-state index contributed by atoms with van der Waals surface area (Å²) in [6, 6.07) is 6.84. The first-order valence-corrected chi connectivity index (χ1v) is 9.57. The Morgan fingerprint density at radius 3 is 2.29 bits per heavy atom. The zero-order valence-corrected chi connectivity index (χ0v) is 17.5. The number of methoxy groups -OCH3 is 3. The molecule has 2 aromatic carbocycles. The quantitative estimate of drug-likeness (QED) is 0.530. The minimum absolute atomic E-state index is 0.347. The van der Waals surface area contributed by atoms with E-state index in [-0.39, 0.29) is 5.91 Å². The van der Waals surface area contributed by atoms with E-state index in [1.165, 1.54) is 38.7 Å². The van der Waals surface area contributed by atoms with Crippen LogP contribution in [0.25, 0.3) is 16.3 Å². The number of halogens is 2. The molecule has 1 N–H and O–H groups in total. The predicted octanol–water partition coefficient (Wildman–Crippen LogP) is 5.28. The van der Waals surface area contributed by atoms with Gasteiger partial charge in [-0.25, -0.2) is 4.98 Å². The number of hydrogen-bond acceptors (Lipinski definition) is 6. The van der Waals surface area contributed by atoms with Gasteiger partial charge in [-0.05, 0) is 35.9 Å². The minimum atomic E-state index is -0.347. The fourth-order valence-electron chi connectivity index (χ4n) is 2.51. The third kappa shape index (κ3) is 4.16. The van der Waals surface area contributed by atoms with Crippen molar-refractivity contribution in [2.24, 2.45) is 0 Å². The number of anilines is 1. The number of benzene rings is 2. The van der Waals surface area contributed by atoms with E-state index in [4.69, 9.17) is 37.4 Å². The molecule has 0 aliphatic heterocycles. The third-order valence-electron chi connectivity index (χ3n) is 3.79. The van der Waals surface area contributed by atoms with Gasteiger partial charge in [-0.3, -0.25) is 10.1 Å². The fourth-order valence-corrected chi connectivity index (χ4v) is 3.94. The average molecular weight is 439 g/mol. The van der Waals surface area contributed by atoms with E-state index in [2.05, 4.69) is 10.3 Å². The van der Waals surface area contributed by atoms with Crippen LogP contribution in [0, 0.1) is 0 Å². The van der Waals surface area contributed by atoms with E-state index >= 15 is 0 Å². The van der Waals surface area contributed by atoms with Crippen LogP contribution in [0.1, 0.15) is 5.56 Å². The van der Waals surface area contributed by atoms with Crippen molar-refractivity contribution < 1.29 is 19.0 Å². The maximum atomic E-state index is 12.3. The first kappa shape index (κ1) is 20.3. The number of amides is 1. The highest BCUT2D eigenvalue weighted by Gasteiger charge is 2.13. The van der Waals surface area contributed by atoms with Gasteiger partial charge in [0.05, 0.1) is 36.1 Å². The van der Waals surface area contributed by atoms with Crippen molar-refractivity contribution >= 4 is 61.9 Å². The zero-order chi connectivity index (χ0) is 20.3. The van der Waals surface area contributed by atoms with Crippen LogP contribution >= 0.6 is 34.5 Å². The molecule has 0 aliphatic rings. The Bertz CT molecular complexity index is 1000. The highest BCUT2D eigenvalue weighted by atomic mass is 35.5. The molecule has 3 rings (SSSR count). The van der Waals surface area contributed by atoms with Gasteiger partial charge in [0, 0.05) is 6.08 Å². The van der Waals surface area contributed by atoms with Crippen LogP contribution in [-0.4, -0.2) is 32.2 Å². The van der Waals surface area contributed by atoms with Crippen LogP contribution in [0.4, 0.5) is 5.13 Å². The summed E-state index contributed by atoms with van der Waals surface area (Å²) in [6.07, 6.45) is 3.02. The SMILES string of the molecule is COc1cc(/C=C/C(=O)Nc2nc3c(Cl)ccc(Cl)c3s2)cc(OC)c1OC. The largest absolute Gasteiger partial charge is 0.493 e. The summed E-state index contributed by atoms with van der Waals surface area (Å²) in [4.78, 5) is 16.6. The molecule has 1 heterocycles. The number of carbonyl (C=O) groups excluding carboxylic acids is 1. The molecule has 9 heteroatoms. The number of carbonyl (C=O) groups is 1. The molecule has 0 saturated carbocycles. The highest BCUT2D eigenvalue weighted by Crippen LogP contribution is 2.39. The topological polar surface area (TPSA) is 69.7 Å². The zero-order valence-electron chi connectivity index (χ0n) is 15.2. The first-order valence-electron chi connectivity index (χ1n) is 8.00. The average Bonchev–Trinajstić information content (AvgIpc) is 3.13. The molecule has 1 aromatic heterocycles. The summed E-state index contributed by atoms with van der Waals surface area (Å²) in [7, 11) is 4.58. The van der Waals surface area contributed by atoms with Crippen molar-refractivity contribution in [3.05, 3.63) is 46.0 Å². The Kier molecular flexibility index (Phi) is 6.28. The molecule has 28 heavy (non-hydrogen) atoms. The molecule has 0 fully saturated rings. The van der Waals surface area contributed by atoms with E-state index in [0.717, 1.165) is 4.70 Å². The minimum Gasteiger partial charge on any atom is -0.493 e. The van der Waals surface area contributed by atoms with Crippen LogP contribution in [0.3, 0.4) is 0 Å². The molecular formula is C19H16Cl2N2O4S. The molecule has 3 aromatic rings. The molecular weight excluding hydrogens is 423 g/mol. The van der Waals surface area contributed by atoms with Gasteiger partial charge >= 0.3 is 0 Å². The van der Waals surface area contributed by atoms with E-state index in [9.17, 15) is 4.79 Å². The summed E-state index contributed by atoms with van der Waals surface area (Å²) < 4.78 is 16.6. The van der Waals surface area contributed by atoms with Gasteiger partial charge in [0.15, 0.2) is 16.6 Å². The van der Waals surface area contributed by atoms with Crippen molar-refractivity contribution in [3.8, 4) is 17.2 Å². The van der Waals surface area contributed by atoms with Gasteiger partial charge < -0.3 is 14.2 Å². The molecule has 0 spiro atoms. The van der Waals surface area contributed by atoms with Crippen LogP contribution < -0.4 is 19.5 Å². The number of hydrogen-bond donors (Lipinski definition) is 1. The number of thiazole rings is 1. The second-order valence-electron chi connectivity index (χ2n) is 5.51. The third-order valence-corrected chi connectivity index (χ3v) is 5.53. The van der Waals surface area contributed by atoms with Gasteiger partial charge in [-0.1, -0.05) is 34.5 Å². The highest BCUT2D eigenvalue weighted by molar-refractivity contribution is 7.23. The summed E-state index contributed by atoms with van der Waals surface area (Å²) in [5.74, 6) is 1.13. The molecule has 0 unspecified atom stereocenters. The van der Waals surface area contributed by atoms with Crippen LogP contribution in [0.15, 0.2) is 30.3 Å². The number of aromatic nitrogens is 1. The lowest BCUT2D eigenvalue weighted by Gasteiger charge is -2.12. The number of fused-ring (bicyclic) bond motifs is 1. The summed E-state index contributed by atoms with van der Waals surface area (Å²) in [6.45, 7) is 0. The van der Waals surface area contributed by atoms with Crippen LogP contribution in [-0.2, 0) is 4.79 Å². The predicted molar refractivity (Wildman–Crippen MR) is 113 cm³/mol. The van der Waals surface area contributed by atoms with E-state index in [1.54, 1.807) is 30.3 Å². The molecule has 0 bridgehead atoms. The monoisotopic (exact) mass is 438 g/mol. The maximum Gasteiger partial charge on any atom is 0.250 e. The smallest absolute Gasteiger partial charge is 0.250 e. The number of nitrogens with one attached hydrogen (secondary N) is 1. The van der Waals surface area contributed by atoms with Crippen LogP contribution in [0.5, 0.6) is 17.2 Å². The van der Waals surface area contributed by atoms with Crippen molar-refractivity contribution in [3.63, 3.8) is 0 Å². The second-order valence-corrected chi connectivity index (χ2v) is 7.32. The summed E-state index contributed by atoms with van der Waals surface area (Å²) in [5, 5.41) is 4.13. The van der Waals surface area contributed by atoms with Gasteiger partial charge in [0.25, 0.3) is 0 Å². The molecule has 6 nitrogen and oxygen atoms in total. The lowest BCUT2D eigenvalue weighted by atomic mass is 10.1. The van der Waals surface area contributed by atoms with Crippen molar-refractivity contribution in [1.29, 1.82) is 0 Å². The van der Waals surface area contributed by atoms with Gasteiger partial charge in [0.1, 0.15) is 5.52 Å². The van der Waals surface area contributed by atoms with Gasteiger partial charge in [-0.15, -0.1) is 0 Å². The molecule has 0 saturated heterocycles. The molecule has 0 radical (unpaired) electrons. The Morgan fingerprint density at radius 1 is 1.07 bits per heavy atom. The van der Waals surface area contributed by atoms with Crippen molar-refractivity contribution in [1.82, 2.24) is 4.98 Å².